The number of amides is 1. The van der Waals surface area contributed by atoms with E-state index in [1.807, 2.05) is 19.9 Å². The van der Waals surface area contributed by atoms with Gasteiger partial charge in [-0.15, -0.1) is 0 Å². The zero-order valence-electron chi connectivity index (χ0n) is 17.7. The van der Waals surface area contributed by atoms with E-state index >= 15 is 0 Å². The van der Waals surface area contributed by atoms with E-state index in [0.717, 1.165) is 24.0 Å². The highest BCUT2D eigenvalue weighted by Gasteiger charge is 2.59. The van der Waals surface area contributed by atoms with Gasteiger partial charge >= 0.3 is 0 Å². The second-order valence-electron chi connectivity index (χ2n) is 7.84. The van der Waals surface area contributed by atoms with Crippen LogP contribution in [0.4, 0.5) is 8.78 Å². The average Bonchev–Trinajstić information content (AvgIpc) is 3.06. The van der Waals surface area contributed by atoms with E-state index in [2.05, 4.69) is 29.5 Å². The molecule has 30 heavy (non-hydrogen) atoms. The van der Waals surface area contributed by atoms with E-state index in [1.165, 1.54) is 19.2 Å². The molecule has 0 spiro atoms. The molecule has 3 unspecified atom stereocenters. The maximum atomic E-state index is 13.2. The smallest absolute Gasteiger partial charge is 0.251 e. The third kappa shape index (κ3) is 5.03. The molecule has 162 valence electrons. The molecule has 1 aliphatic carbocycles. The van der Waals surface area contributed by atoms with Crippen LogP contribution in [0.3, 0.4) is 0 Å². The van der Waals surface area contributed by atoms with Crippen molar-refractivity contribution in [1.82, 2.24) is 15.6 Å². The Morgan fingerprint density at radius 3 is 2.33 bits per heavy atom. The Kier molecular flexibility index (Phi) is 7.68. The third-order valence-corrected chi connectivity index (χ3v) is 5.83. The number of benzene rings is 1. The van der Waals surface area contributed by atoms with Crippen LogP contribution in [-0.2, 0) is 11.2 Å². The van der Waals surface area contributed by atoms with Crippen LogP contribution in [-0.4, -0.2) is 30.5 Å². The summed E-state index contributed by atoms with van der Waals surface area (Å²) in [7, 11) is 0. The van der Waals surface area contributed by atoms with Crippen molar-refractivity contribution in [2.75, 3.05) is 13.1 Å². The van der Waals surface area contributed by atoms with Crippen molar-refractivity contribution in [2.45, 2.75) is 40.2 Å². The molecule has 1 saturated heterocycles. The predicted octanol–water partition coefficient (Wildman–Crippen LogP) is 2.87. The van der Waals surface area contributed by atoms with Gasteiger partial charge in [-0.05, 0) is 42.5 Å². The number of rotatable bonds is 4. The quantitative estimate of drug-likeness (QED) is 0.665. The first-order valence-corrected chi connectivity index (χ1v) is 10.1. The first-order chi connectivity index (χ1) is 14.3. The Morgan fingerprint density at radius 1 is 1.23 bits per heavy atom. The fourth-order valence-corrected chi connectivity index (χ4v) is 3.90. The summed E-state index contributed by atoms with van der Waals surface area (Å²) in [5, 5.41) is 14.7. The fourth-order valence-electron chi connectivity index (χ4n) is 3.90. The molecule has 1 aromatic heterocycles. The Hall–Kier alpha value is -2.79. The number of carbonyl (C=O) groups excluding carboxylic acids is 1. The summed E-state index contributed by atoms with van der Waals surface area (Å²) in [4.78, 5) is 24.5. The van der Waals surface area contributed by atoms with Crippen molar-refractivity contribution in [1.29, 1.82) is 5.26 Å². The minimum atomic E-state index is -1.06. The first kappa shape index (κ1) is 23.5. The molecule has 4 rings (SSSR count). The van der Waals surface area contributed by atoms with Gasteiger partial charge in [0.1, 0.15) is 6.04 Å². The molecule has 8 heteroatoms. The van der Waals surface area contributed by atoms with Crippen LogP contribution in [0.2, 0.25) is 0 Å². The number of nitriles is 1. The summed E-state index contributed by atoms with van der Waals surface area (Å²) >= 11 is 0. The number of pyridine rings is 1. The molecule has 2 aliphatic rings. The van der Waals surface area contributed by atoms with Crippen molar-refractivity contribution in [2.24, 2.45) is 17.3 Å². The molecule has 0 radical (unpaired) electrons. The monoisotopic (exact) mass is 418 g/mol. The minimum Gasteiger partial charge on any atom is -0.343 e. The minimum absolute atomic E-state index is 0.0283. The van der Waals surface area contributed by atoms with E-state index in [-0.39, 0.29) is 17.5 Å². The Labute approximate surface area is 174 Å². The number of carbonyl (C=O) groups is 1. The standard InChI is InChI=1S/C13H9F2N3O2.C7H13N.C2H6/c14-10-3-7-1-8(2-9(5-16)17-6-19)13(20)18-12(7)4-11(10)15;1-7(2)5-3-8-4-6(5)7;1-2/h1,3-4,6,9H,2H2,(H,17,19)(H,18,20);5-6,8H,3-4H2,1-2H3;1-2H3. The van der Waals surface area contributed by atoms with E-state index in [1.54, 1.807) is 0 Å². The van der Waals surface area contributed by atoms with Crippen molar-refractivity contribution in [3.63, 3.8) is 0 Å². The van der Waals surface area contributed by atoms with Crippen LogP contribution >= 0.6 is 0 Å². The summed E-state index contributed by atoms with van der Waals surface area (Å²) in [6.07, 6.45) is 0.331. The number of halogens is 2. The number of hydrogen-bond donors (Lipinski definition) is 3. The number of aromatic nitrogens is 1. The van der Waals surface area contributed by atoms with Crippen LogP contribution in [0.25, 0.3) is 10.9 Å². The number of nitrogens with zero attached hydrogens (tertiary/aromatic N) is 1. The molecule has 1 saturated carbocycles. The first-order valence-electron chi connectivity index (χ1n) is 10.1. The summed E-state index contributed by atoms with van der Waals surface area (Å²) in [6.45, 7) is 11.3. The van der Waals surface area contributed by atoms with E-state index in [9.17, 15) is 18.4 Å². The maximum Gasteiger partial charge on any atom is 0.251 e. The zero-order chi connectivity index (χ0) is 22.5. The lowest BCUT2D eigenvalue weighted by Gasteiger charge is -2.08. The fraction of sp³-hybridized carbons (Fsp3) is 0.500. The van der Waals surface area contributed by atoms with Gasteiger partial charge in [0.2, 0.25) is 6.41 Å². The maximum absolute atomic E-state index is 13.2. The number of H-pyrrole nitrogens is 1. The van der Waals surface area contributed by atoms with Gasteiger partial charge in [-0.25, -0.2) is 8.78 Å². The Balaban J connectivity index is 0.000000263. The predicted molar refractivity (Wildman–Crippen MR) is 112 cm³/mol. The number of aromatic amines is 1. The molecule has 1 amide bonds. The van der Waals surface area contributed by atoms with E-state index < -0.39 is 23.2 Å². The van der Waals surface area contributed by atoms with Gasteiger partial charge in [0.15, 0.2) is 11.6 Å². The molecule has 1 aromatic carbocycles. The van der Waals surface area contributed by atoms with Crippen molar-refractivity contribution in [3.8, 4) is 6.07 Å². The van der Waals surface area contributed by atoms with Gasteiger partial charge in [-0.3, -0.25) is 9.59 Å². The highest BCUT2D eigenvalue weighted by atomic mass is 19.2. The SMILES string of the molecule is CC.CC1(C)C2CNCC21.N#CC(Cc1cc2cc(F)c(F)cc2[nH]c1=O)NC=O. The molecule has 6 nitrogen and oxygen atoms in total. The summed E-state index contributed by atoms with van der Waals surface area (Å²) in [5.41, 5.74) is 0.543. The second-order valence-corrected chi connectivity index (χ2v) is 7.84. The van der Waals surface area contributed by atoms with Gasteiger partial charge in [-0.1, -0.05) is 27.7 Å². The van der Waals surface area contributed by atoms with Gasteiger partial charge < -0.3 is 15.6 Å². The third-order valence-electron chi connectivity index (χ3n) is 5.83. The van der Waals surface area contributed by atoms with Crippen molar-refractivity contribution < 1.29 is 13.6 Å². The largest absolute Gasteiger partial charge is 0.343 e. The topological polar surface area (TPSA) is 97.8 Å². The summed E-state index contributed by atoms with van der Waals surface area (Å²) < 4.78 is 26.2. The van der Waals surface area contributed by atoms with Crippen LogP contribution < -0.4 is 16.2 Å². The van der Waals surface area contributed by atoms with Crippen molar-refractivity contribution >= 4 is 17.3 Å². The molecule has 1 aliphatic heterocycles. The normalized spacial score (nSPS) is 21.1. The Morgan fingerprint density at radius 2 is 1.83 bits per heavy atom. The molecule has 2 aromatic rings. The van der Waals surface area contributed by atoms with Gasteiger partial charge in [-0.2, -0.15) is 5.26 Å². The molecule has 3 atom stereocenters. The van der Waals surface area contributed by atoms with Crippen LogP contribution in [0.15, 0.2) is 23.0 Å². The number of piperidine rings is 1. The molecular weight excluding hydrogens is 390 g/mol. The highest BCUT2D eigenvalue weighted by Crippen LogP contribution is 2.59. The summed E-state index contributed by atoms with van der Waals surface area (Å²) in [5.74, 6) is -0.0539. The van der Waals surface area contributed by atoms with Gasteiger partial charge in [0.25, 0.3) is 5.56 Å². The summed E-state index contributed by atoms with van der Waals surface area (Å²) in [6, 6.07) is 4.17. The zero-order valence-corrected chi connectivity index (χ0v) is 17.7. The van der Waals surface area contributed by atoms with Crippen LogP contribution in [0.5, 0.6) is 0 Å². The molecule has 2 fully saturated rings. The van der Waals surface area contributed by atoms with Gasteiger partial charge in [0, 0.05) is 23.4 Å². The second kappa shape index (κ2) is 9.81. The number of fused-ring (bicyclic) bond motifs is 2. The average molecular weight is 418 g/mol. The molecule has 3 N–H and O–H groups in total. The van der Waals surface area contributed by atoms with Crippen molar-refractivity contribution in [3.05, 3.63) is 45.8 Å². The molecular formula is C22H28F2N4O2. The van der Waals surface area contributed by atoms with Gasteiger partial charge in [0.05, 0.1) is 11.6 Å². The molecule has 2 heterocycles. The Bertz CT molecular complexity index is 985. The highest BCUT2D eigenvalue weighted by molar-refractivity contribution is 5.79. The number of hydrogen-bond acceptors (Lipinski definition) is 4. The van der Waals surface area contributed by atoms with E-state index in [4.69, 9.17) is 5.26 Å². The lowest BCUT2D eigenvalue weighted by molar-refractivity contribution is -0.109. The lowest BCUT2D eigenvalue weighted by atomic mass is 10.1. The van der Waals surface area contributed by atoms with E-state index in [0.29, 0.717) is 17.2 Å². The molecule has 0 bridgehead atoms. The number of nitrogens with one attached hydrogen (secondary N) is 3. The lowest BCUT2D eigenvalue weighted by Crippen LogP contribution is -2.30. The van der Waals surface area contributed by atoms with Crippen LogP contribution in [0.1, 0.15) is 33.3 Å². The van der Waals surface area contributed by atoms with Crippen LogP contribution in [0, 0.1) is 40.2 Å².